The molecule has 1 atom stereocenters. The molecule has 1 aliphatic rings. The van der Waals surface area contributed by atoms with E-state index in [1.807, 2.05) is 64.4 Å². The number of methoxy groups -OCH3 is 1. The normalized spacial score (nSPS) is 17.1. The average Bonchev–Trinajstić information content (AvgIpc) is 2.96. The molecule has 6 nitrogen and oxygen atoms in total. The molecule has 3 aromatic rings. The lowest BCUT2D eigenvalue weighted by molar-refractivity contribution is -0.133. The quantitative estimate of drug-likeness (QED) is 0.383. The number of para-hydroxylation sites is 1. The second-order valence-corrected chi connectivity index (χ2v) is 10.6. The maximum absolute atomic E-state index is 13.9. The molecule has 3 aromatic carbocycles. The molecular formula is C34H42N2O4. The number of carbonyl (C=O) groups is 2. The van der Waals surface area contributed by atoms with Crippen LogP contribution in [0.4, 0.5) is 0 Å². The van der Waals surface area contributed by atoms with Crippen LogP contribution in [0, 0.1) is 6.92 Å². The summed E-state index contributed by atoms with van der Waals surface area (Å²) in [6.45, 7) is 4.74. The molecule has 6 heteroatoms. The van der Waals surface area contributed by atoms with Gasteiger partial charge in [-0.1, -0.05) is 85.1 Å². The largest absolute Gasteiger partial charge is 0.491 e. The van der Waals surface area contributed by atoms with E-state index in [1.165, 1.54) is 0 Å². The van der Waals surface area contributed by atoms with Crippen LogP contribution in [0.3, 0.4) is 0 Å². The van der Waals surface area contributed by atoms with Gasteiger partial charge in [-0.05, 0) is 49.4 Å². The third kappa shape index (κ3) is 8.43. The number of fused-ring (bicyclic) bond motifs is 1. The van der Waals surface area contributed by atoms with Gasteiger partial charge in [0.1, 0.15) is 12.4 Å². The molecule has 212 valence electrons. The Morgan fingerprint density at radius 2 is 1.62 bits per heavy atom. The number of hydrogen-bond acceptors (Lipinski definition) is 4. The fourth-order valence-electron chi connectivity index (χ4n) is 5.33. The van der Waals surface area contributed by atoms with Crippen LogP contribution in [0.1, 0.15) is 52.7 Å². The molecule has 0 spiro atoms. The standard InChI is InChI=1S/C34H42N2O4/c1-27-13-12-16-29(23-27)25-33(37)36-20-11-4-3-10-19-35(21-22-39-2)34(38)31-17-8-9-18-32(31)40-26-30(36)24-28-14-6-5-7-15-28/h5-9,12-18,23,30H,3-4,10-11,19-22,24-26H2,1-2H3/t30-/m0/s1. The van der Waals surface area contributed by atoms with Crippen molar-refractivity contribution >= 4 is 11.8 Å². The van der Waals surface area contributed by atoms with Gasteiger partial charge in [-0.15, -0.1) is 0 Å². The summed E-state index contributed by atoms with van der Waals surface area (Å²) in [6, 6.07) is 25.7. The van der Waals surface area contributed by atoms with Gasteiger partial charge in [0, 0.05) is 26.7 Å². The number of nitrogens with zero attached hydrogens (tertiary/aromatic N) is 2. The minimum absolute atomic E-state index is 0.0447. The molecule has 0 bridgehead atoms. The van der Waals surface area contributed by atoms with Crippen LogP contribution in [-0.2, 0) is 22.4 Å². The highest BCUT2D eigenvalue weighted by molar-refractivity contribution is 5.97. The first-order chi connectivity index (χ1) is 19.5. The molecule has 0 saturated carbocycles. The molecule has 0 aromatic heterocycles. The van der Waals surface area contributed by atoms with E-state index in [2.05, 4.69) is 31.2 Å². The molecule has 0 saturated heterocycles. The Morgan fingerprint density at radius 1 is 0.900 bits per heavy atom. The number of rotatable bonds is 7. The van der Waals surface area contributed by atoms with E-state index < -0.39 is 0 Å². The van der Waals surface area contributed by atoms with E-state index in [0.717, 1.165) is 42.4 Å². The fraction of sp³-hybridized carbons (Fsp3) is 0.412. The Hall–Kier alpha value is -3.64. The second-order valence-electron chi connectivity index (χ2n) is 10.6. The summed E-state index contributed by atoms with van der Waals surface area (Å²) in [5.41, 5.74) is 3.87. The Kier molecular flexibility index (Phi) is 11.2. The van der Waals surface area contributed by atoms with E-state index in [-0.39, 0.29) is 17.9 Å². The summed E-state index contributed by atoms with van der Waals surface area (Å²) in [6.07, 6.45) is 4.85. The van der Waals surface area contributed by atoms with Crippen molar-refractivity contribution in [2.75, 3.05) is 40.0 Å². The topological polar surface area (TPSA) is 59.1 Å². The minimum atomic E-state index is -0.171. The van der Waals surface area contributed by atoms with Gasteiger partial charge in [0.05, 0.1) is 24.6 Å². The molecule has 1 heterocycles. The summed E-state index contributed by atoms with van der Waals surface area (Å²) >= 11 is 0. The molecule has 4 rings (SSSR count). The molecule has 0 aliphatic carbocycles. The van der Waals surface area contributed by atoms with Crippen molar-refractivity contribution in [3.05, 3.63) is 101 Å². The Morgan fingerprint density at radius 3 is 2.40 bits per heavy atom. The molecule has 0 unspecified atom stereocenters. The average molecular weight is 543 g/mol. The summed E-state index contributed by atoms with van der Waals surface area (Å²) in [7, 11) is 1.66. The maximum Gasteiger partial charge on any atom is 0.257 e. The van der Waals surface area contributed by atoms with Gasteiger partial charge < -0.3 is 19.3 Å². The first-order valence-corrected chi connectivity index (χ1v) is 14.4. The first kappa shape index (κ1) is 29.3. The summed E-state index contributed by atoms with van der Waals surface area (Å²) < 4.78 is 11.7. The molecule has 0 fully saturated rings. The monoisotopic (exact) mass is 542 g/mol. The van der Waals surface area contributed by atoms with Crippen LogP contribution >= 0.6 is 0 Å². The van der Waals surface area contributed by atoms with E-state index in [1.54, 1.807) is 7.11 Å². The molecule has 2 amide bonds. The van der Waals surface area contributed by atoms with Gasteiger partial charge in [0.15, 0.2) is 0 Å². The third-order valence-corrected chi connectivity index (χ3v) is 7.49. The maximum atomic E-state index is 13.9. The molecular weight excluding hydrogens is 500 g/mol. The van der Waals surface area contributed by atoms with Crippen LogP contribution in [0.15, 0.2) is 78.9 Å². The van der Waals surface area contributed by atoms with Crippen molar-refractivity contribution in [2.45, 2.75) is 51.5 Å². The Labute approximate surface area is 238 Å². The predicted octanol–water partition coefficient (Wildman–Crippen LogP) is 5.72. The van der Waals surface area contributed by atoms with Gasteiger partial charge in [0.25, 0.3) is 5.91 Å². The number of amides is 2. The van der Waals surface area contributed by atoms with Crippen molar-refractivity contribution in [1.82, 2.24) is 9.80 Å². The summed E-state index contributed by atoms with van der Waals surface area (Å²) in [5.74, 6) is 0.616. The number of aryl methyl sites for hydroxylation is 1. The van der Waals surface area contributed by atoms with Crippen molar-refractivity contribution < 1.29 is 19.1 Å². The van der Waals surface area contributed by atoms with Crippen molar-refractivity contribution in [3.63, 3.8) is 0 Å². The SMILES string of the molecule is COCCN1CCCCCCN(C(=O)Cc2cccc(C)c2)[C@@H](Cc2ccccc2)COc2ccccc2C1=O. The van der Waals surface area contributed by atoms with Crippen molar-refractivity contribution in [1.29, 1.82) is 0 Å². The molecule has 40 heavy (non-hydrogen) atoms. The van der Waals surface area contributed by atoms with E-state index in [4.69, 9.17) is 9.47 Å². The van der Waals surface area contributed by atoms with E-state index in [9.17, 15) is 9.59 Å². The third-order valence-electron chi connectivity index (χ3n) is 7.49. The van der Waals surface area contributed by atoms with Crippen molar-refractivity contribution in [3.8, 4) is 5.75 Å². The number of ether oxygens (including phenoxy) is 2. The lowest BCUT2D eigenvalue weighted by Gasteiger charge is -2.33. The van der Waals surface area contributed by atoms with Crippen molar-refractivity contribution in [2.24, 2.45) is 0 Å². The van der Waals surface area contributed by atoms with Crippen LogP contribution < -0.4 is 4.74 Å². The second kappa shape index (κ2) is 15.2. The lowest BCUT2D eigenvalue weighted by Crippen LogP contribution is -2.46. The summed E-state index contributed by atoms with van der Waals surface area (Å²) in [4.78, 5) is 31.4. The number of hydrogen-bond donors (Lipinski definition) is 0. The zero-order chi connectivity index (χ0) is 28.2. The smallest absolute Gasteiger partial charge is 0.257 e. The highest BCUT2D eigenvalue weighted by Gasteiger charge is 2.27. The van der Waals surface area contributed by atoms with Gasteiger partial charge >= 0.3 is 0 Å². The number of carbonyl (C=O) groups excluding carboxylic acids is 2. The van der Waals surface area contributed by atoms with E-state index in [0.29, 0.717) is 57.0 Å². The highest BCUT2D eigenvalue weighted by Crippen LogP contribution is 2.23. The highest BCUT2D eigenvalue weighted by atomic mass is 16.5. The van der Waals surface area contributed by atoms with Crippen LogP contribution in [-0.4, -0.2) is 67.6 Å². The fourth-order valence-corrected chi connectivity index (χ4v) is 5.33. The molecule has 0 N–H and O–H groups in total. The van der Waals surface area contributed by atoms with Crippen LogP contribution in [0.5, 0.6) is 5.75 Å². The van der Waals surface area contributed by atoms with Gasteiger partial charge in [-0.3, -0.25) is 9.59 Å². The Bertz CT molecular complexity index is 1230. The molecule has 0 radical (unpaired) electrons. The first-order valence-electron chi connectivity index (χ1n) is 14.4. The molecule has 1 aliphatic heterocycles. The van der Waals surface area contributed by atoms with E-state index >= 15 is 0 Å². The van der Waals surface area contributed by atoms with Crippen LogP contribution in [0.25, 0.3) is 0 Å². The Balaban J connectivity index is 1.64. The van der Waals surface area contributed by atoms with Gasteiger partial charge in [-0.2, -0.15) is 0 Å². The number of benzene rings is 3. The predicted molar refractivity (Wildman–Crippen MR) is 159 cm³/mol. The summed E-state index contributed by atoms with van der Waals surface area (Å²) in [5, 5.41) is 0. The minimum Gasteiger partial charge on any atom is -0.491 e. The van der Waals surface area contributed by atoms with Crippen LogP contribution in [0.2, 0.25) is 0 Å². The zero-order valence-corrected chi connectivity index (χ0v) is 23.9. The van der Waals surface area contributed by atoms with Gasteiger partial charge in [-0.25, -0.2) is 0 Å². The zero-order valence-electron chi connectivity index (χ0n) is 23.9. The lowest BCUT2D eigenvalue weighted by atomic mass is 10.0. The van der Waals surface area contributed by atoms with Gasteiger partial charge in [0.2, 0.25) is 5.91 Å².